The highest BCUT2D eigenvalue weighted by molar-refractivity contribution is 7.89. The molecule has 1 saturated heterocycles. The van der Waals surface area contributed by atoms with Crippen LogP contribution < -0.4 is 10.0 Å². The minimum absolute atomic E-state index is 0.169. The van der Waals surface area contributed by atoms with E-state index in [1.54, 1.807) is 0 Å². The largest absolute Gasteiger partial charge is 0.381 e. The van der Waals surface area contributed by atoms with Crippen molar-refractivity contribution in [1.82, 2.24) is 10.0 Å². The topological polar surface area (TPSA) is 67.4 Å². The molecule has 2 N–H and O–H groups in total. The first-order valence-corrected chi connectivity index (χ1v) is 9.59. The summed E-state index contributed by atoms with van der Waals surface area (Å²) in [5, 5.41) is 3.48. The van der Waals surface area contributed by atoms with Crippen LogP contribution in [0.3, 0.4) is 0 Å². The summed E-state index contributed by atoms with van der Waals surface area (Å²) in [6.07, 6.45) is 8.60. The van der Waals surface area contributed by atoms with E-state index >= 15 is 0 Å². The molecule has 1 aliphatic heterocycles. The maximum atomic E-state index is 11.9. The van der Waals surface area contributed by atoms with Crippen molar-refractivity contribution in [3.63, 3.8) is 0 Å². The molecule has 1 unspecified atom stereocenters. The molecule has 0 aromatic heterocycles. The number of hydrogen-bond donors (Lipinski definition) is 2. The molecule has 2 aliphatic rings. The van der Waals surface area contributed by atoms with Gasteiger partial charge in [-0.25, -0.2) is 13.1 Å². The summed E-state index contributed by atoms with van der Waals surface area (Å²) >= 11 is 0. The van der Waals surface area contributed by atoms with Gasteiger partial charge in [0.1, 0.15) is 0 Å². The summed E-state index contributed by atoms with van der Waals surface area (Å²) in [6, 6.07) is 0.574. The normalized spacial score (nSPS) is 25.7. The Labute approximate surface area is 122 Å². The lowest BCUT2D eigenvalue weighted by Gasteiger charge is -2.16. The molecule has 1 atom stereocenters. The number of hydrogen-bond acceptors (Lipinski definition) is 4. The molecule has 1 saturated carbocycles. The van der Waals surface area contributed by atoms with Crippen LogP contribution >= 0.6 is 0 Å². The Bertz CT molecular complexity index is 359. The van der Waals surface area contributed by atoms with Gasteiger partial charge >= 0.3 is 0 Å². The van der Waals surface area contributed by atoms with E-state index in [1.807, 2.05) is 0 Å². The van der Waals surface area contributed by atoms with Gasteiger partial charge in [-0.3, -0.25) is 0 Å². The van der Waals surface area contributed by atoms with Gasteiger partial charge in [0, 0.05) is 25.7 Å². The molecular weight excluding hydrogens is 276 g/mol. The Balaban J connectivity index is 1.59. The second kappa shape index (κ2) is 8.32. The Morgan fingerprint density at radius 3 is 2.40 bits per heavy atom. The monoisotopic (exact) mass is 304 g/mol. The molecule has 2 rings (SSSR count). The zero-order chi connectivity index (χ0) is 14.3. The van der Waals surface area contributed by atoms with Crippen LogP contribution in [0, 0.1) is 5.92 Å². The minimum atomic E-state index is -3.15. The van der Waals surface area contributed by atoms with Crippen LogP contribution in [0.2, 0.25) is 0 Å². The fourth-order valence-electron chi connectivity index (χ4n) is 3.05. The van der Waals surface area contributed by atoms with Crippen LogP contribution in [0.4, 0.5) is 0 Å². The van der Waals surface area contributed by atoms with E-state index < -0.39 is 10.0 Å². The molecule has 2 fully saturated rings. The summed E-state index contributed by atoms with van der Waals surface area (Å²) in [5.41, 5.74) is 0. The van der Waals surface area contributed by atoms with Gasteiger partial charge in [-0.2, -0.15) is 0 Å². The van der Waals surface area contributed by atoms with Crippen LogP contribution in [-0.4, -0.2) is 46.5 Å². The van der Waals surface area contributed by atoms with Crippen molar-refractivity contribution in [1.29, 1.82) is 0 Å². The number of rotatable bonds is 7. The van der Waals surface area contributed by atoms with Gasteiger partial charge in [-0.15, -0.1) is 0 Å². The third kappa shape index (κ3) is 6.08. The van der Waals surface area contributed by atoms with Gasteiger partial charge in [-0.05, 0) is 25.2 Å². The van der Waals surface area contributed by atoms with Crippen molar-refractivity contribution >= 4 is 10.0 Å². The lowest BCUT2D eigenvalue weighted by atomic mass is 10.1. The number of sulfonamides is 1. The minimum Gasteiger partial charge on any atom is -0.381 e. The molecule has 20 heavy (non-hydrogen) atoms. The van der Waals surface area contributed by atoms with Gasteiger partial charge in [-0.1, -0.05) is 25.7 Å². The van der Waals surface area contributed by atoms with Gasteiger partial charge < -0.3 is 10.1 Å². The van der Waals surface area contributed by atoms with Crippen molar-refractivity contribution in [2.75, 3.05) is 32.1 Å². The van der Waals surface area contributed by atoms with E-state index in [2.05, 4.69) is 10.0 Å². The van der Waals surface area contributed by atoms with Gasteiger partial charge in [0.2, 0.25) is 10.0 Å². The smallest absolute Gasteiger partial charge is 0.211 e. The van der Waals surface area contributed by atoms with Crippen LogP contribution in [0.15, 0.2) is 0 Å². The second-order valence-electron chi connectivity index (χ2n) is 6.05. The average molecular weight is 304 g/mol. The molecule has 5 nitrogen and oxygen atoms in total. The Morgan fingerprint density at radius 2 is 1.75 bits per heavy atom. The van der Waals surface area contributed by atoms with E-state index in [9.17, 15) is 8.42 Å². The molecule has 1 aliphatic carbocycles. The van der Waals surface area contributed by atoms with E-state index in [0.29, 0.717) is 25.8 Å². The first kappa shape index (κ1) is 16.2. The zero-order valence-electron chi connectivity index (χ0n) is 12.3. The van der Waals surface area contributed by atoms with E-state index in [4.69, 9.17) is 4.74 Å². The van der Waals surface area contributed by atoms with Gasteiger partial charge in [0.25, 0.3) is 0 Å². The molecule has 0 aromatic carbocycles. The summed E-state index contributed by atoms with van der Waals surface area (Å²) in [5.74, 6) is 0.374. The summed E-state index contributed by atoms with van der Waals surface area (Å²) in [6.45, 7) is 2.50. The number of nitrogens with one attached hydrogen (secondary N) is 2. The maximum Gasteiger partial charge on any atom is 0.211 e. The number of ether oxygens (including phenoxy) is 1. The van der Waals surface area contributed by atoms with Gasteiger partial charge in [0.05, 0.1) is 12.4 Å². The molecule has 0 bridgehead atoms. The SMILES string of the molecule is O=S(=O)(CC1CCOC1)NCCNC1CCCCCC1. The lowest BCUT2D eigenvalue weighted by Crippen LogP contribution is -2.38. The maximum absolute atomic E-state index is 11.9. The van der Waals surface area contributed by atoms with E-state index in [-0.39, 0.29) is 11.7 Å². The Kier molecular flexibility index (Phi) is 6.74. The van der Waals surface area contributed by atoms with E-state index in [1.165, 1.54) is 38.5 Å². The second-order valence-corrected chi connectivity index (χ2v) is 7.90. The van der Waals surface area contributed by atoms with Crippen LogP contribution in [0.25, 0.3) is 0 Å². The summed E-state index contributed by atoms with van der Waals surface area (Å²) in [7, 11) is -3.15. The highest BCUT2D eigenvalue weighted by Gasteiger charge is 2.22. The van der Waals surface area contributed by atoms with Crippen molar-refractivity contribution < 1.29 is 13.2 Å². The first-order chi connectivity index (χ1) is 9.66. The average Bonchev–Trinajstić information content (AvgIpc) is 2.76. The quantitative estimate of drug-likeness (QED) is 0.549. The molecule has 6 heteroatoms. The summed E-state index contributed by atoms with van der Waals surface area (Å²) in [4.78, 5) is 0. The fraction of sp³-hybridized carbons (Fsp3) is 1.00. The molecule has 118 valence electrons. The predicted molar refractivity (Wildman–Crippen MR) is 80.2 cm³/mol. The van der Waals surface area contributed by atoms with Gasteiger partial charge in [0.15, 0.2) is 0 Å². The van der Waals surface area contributed by atoms with Crippen molar-refractivity contribution in [2.45, 2.75) is 51.0 Å². The third-order valence-electron chi connectivity index (χ3n) is 4.21. The van der Waals surface area contributed by atoms with Crippen LogP contribution in [0.1, 0.15) is 44.9 Å². The molecule has 0 spiro atoms. The Hall–Kier alpha value is -0.170. The lowest BCUT2D eigenvalue weighted by molar-refractivity contribution is 0.188. The molecule has 0 amide bonds. The highest BCUT2D eigenvalue weighted by atomic mass is 32.2. The van der Waals surface area contributed by atoms with Crippen LogP contribution in [0.5, 0.6) is 0 Å². The first-order valence-electron chi connectivity index (χ1n) is 7.94. The standard InChI is InChI=1S/C14H28N2O3S/c17-20(18,12-13-7-10-19-11-13)16-9-8-15-14-5-3-1-2-4-6-14/h13-16H,1-12H2. The molecule has 0 aromatic rings. The zero-order valence-corrected chi connectivity index (χ0v) is 13.1. The van der Waals surface area contributed by atoms with Crippen LogP contribution in [-0.2, 0) is 14.8 Å². The summed E-state index contributed by atoms with van der Waals surface area (Å²) < 4.78 is 31.7. The molecule has 1 heterocycles. The fourth-order valence-corrected chi connectivity index (χ4v) is 4.46. The molecule has 0 radical (unpaired) electrons. The molecular formula is C14H28N2O3S. The van der Waals surface area contributed by atoms with Crippen molar-refractivity contribution in [2.24, 2.45) is 5.92 Å². The van der Waals surface area contributed by atoms with Crippen molar-refractivity contribution in [3.05, 3.63) is 0 Å². The third-order valence-corrected chi connectivity index (χ3v) is 5.77. The van der Waals surface area contributed by atoms with E-state index in [0.717, 1.165) is 13.0 Å². The predicted octanol–water partition coefficient (Wildman–Crippen LogP) is 1.25. The highest BCUT2D eigenvalue weighted by Crippen LogP contribution is 2.17. The van der Waals surface area contributed by atoms with Crippen molar-refractivity contribution in [3.8, 4) is 0 Å². The Morgan fingerprint density at radius 1 is 1.00 bits per heavy atom.